The standard InChI is InChI=1S/C18H17N3O3/c22-18(15-7-4-12-23-15)21-10-8-14(9-11-21)17-19-16(20-24-17)13-5-2-1-3-6-13/h1-7,12,14H,8-11H2. The van der Waals surface area contributed by atoms with E-state index in [2.05, 4.69) is 10.1 Å². The SMILES string of the molecule is O=C(c1ccco1)N1CCC(c2nc(-c3ccccc3)no2)CC1. The smallest absolute Gasteiger partial charge is 0.289 e. The van der Waals surface area contributed by atoms with Gasteiger partial charge in [-0.15, -0.1) is 0 Å². The Balaban J connectivity index is 1.41. The van der Waals surface area contributed by atoms with Crippen LogP contribution in [0.25, 0.3) is 11.4 Å². The van der Waals surface area contributed by atoms with E-state index >= 15 is 0 Å². The highest BCUT2D eigenvalue weighted by molar-refractivity contribution is 5.91. The number of hydrogen-bond donors (Lipinski definition) is 0. The fraction of sp³-hybridized carbons (Fsp3) is 0.278. The average Bonchev–Trinajstić information content (AvgIpc) is 3.34. The number of hydrogen-bond acceptors (Lipinski definition) is 5. The summed E-state index contributed by atoms with van der Waals surface area (Å²) < 4.78 is 10.6. The zero-order chi connectivity index (χ0) is 16.4. The van der Waals surface area contributed by atoms with E-state index in [1.165, 1.54) is 6.26 Å². The predicted molar refractivity (Wildman–Crippen MR) is 86.3 cm³/mol. The zero-order valence-electron chi connectivity index (χ0n) is 13.1. The molecule has 0 atom stereocenters. The molecule has 1 fully saturated rings. The van der Waals surface area contributed by atoms with Gasteiger partial charge in [0.1, 0.15) is 0 Å². The van der Waals surface area contributed by atoms with Crippen molar-refractivity contribution in [1.29, 1.82) is 0 Å². The fourth-order valence-electron chi connectivity index (χ4n) is 2.99. The molecule has 1 aliphatic rings. The van der Waals surface area contributed by atoms with E-state index in [0.29, 0.717) is 30.6 Å². The van der Waals surface area contributed by atoms with Crippen LogP contribution in [0.5, 0.6) is 0 Å². The van der Waals surface area contributed by atoms with Crippen molar-refractivity contribution in [3.05, 3.63) is 60.4 Å². The molecule has 1 aliphatic heterocycles. The van der Waals surface area contributed by atoms with E-state index < -0.39 is 0 Å². The zero-order valence-corrected chi connectivity index (χ0v) is 13.1. The second kappa shape index (κ2) is 6.31. The molecule has 0 N–H and O–H groups in total. The van der Waals surface area contributed by atoms with Crippen molar-refractivity contribution >= 4 is 5.91 Å². The molecule has 1 amide bonds. The number of carbonyl (C=O) groups excluding carboxylic acids is 1. The first-order valence-corrected chi connectivity index (χ1v) is 8.03. The van der Waals surface area contributed by atoms with Gasteiger partial charge >= 0.3 is 0 Å². The molecule has 6 nitrogen and oxygen atoms in total. The number of benzene rings is 1. The maximum absolute atomic E-state index is 12.3. The summed E-state index contributed by atoms with van der Waals surface area (Å²) >= 11 is 0. The lowest BCUT2D eigenvalue weighted by molar-refractivity contribution is 0.0672. The van der Waals surface area contributed by atoms with Crippen LogP contribution in [0.4, 0.5) is 0 Å². The van der Waals surface area contributed by atoms with Gasteiger partial charge in [-0.1, -0.05) is 35.5 Å². The minimum absolute atomic E-state index is 0.0612. The maximum atomic E-state index is 12.3. The molecule has 0 spiro atoms. The highest BCUT2D eigenvalue weighted by atomic mass is 16.5. The van der Waals surface area contributed by atoms with Gasteiger partial charge in [0.2, 0.25) is 11.7 Å². The second-order valence-corrected chi connectivity index (χ2v) is 5.87. The molecule has 0 saturated carbocycles. The third-order valence-corrected chi connectivity index (χ3v) is 4.34. The Morgan fingerprint density at radius 3 is 2.58 bits per heavy atom. The van der Waals surface area contributed by atoms with Crippen LogP contribution in [0.15, 0.2) is 57.7 Å². The molecule has 1 saturated heterocycles. The summed E-state index contributed by atoms with van der Waals surface area (Å²) in [6.07, 6.45) is 3.13. The van der Waals surface area contributed by atoms with Crippen LogP contribution in [0.2, 0.25) is 0 Å². The first-order valence-electron chi connectivity index (χ1n) is 8.03. The number of likely N-dealkylation sites (tertiary alicyclic amines) is 1. The van der Waals surface area contributed by atoms with E-state index in [4.69, 9.17) is 8.94 Å². The van der Waals surface area contributed by atoms with E-state index in [-0.39, 0.29) is 11.8 Å². The van der Waals surface area contributed by atoms with Gasteiger partial charge in [0, 0.05) is 24.6 Å². The van der Waals surface area contributed by atoms with Crippen LogP contribution >= 0.6 is 0 Å². The van der Waals surface area contributed by atoms with Crippen molar-refractivity contribution < 1.29 is 13.7 Å². The highest BCUT2D eigenvalue weighted by Gasteiger charge is 2.28. The minimum atomic E-state index is -0.0612. The molecule has 122 valence electrons. The van der Waals surface area contributed by atoms with Crippen LogP contribution in [-0.2, 0) is 0 Å². The molecular weight excluding hydrogens is 306 g/mol. The molecule has 3 heterocycles. The maximum Gasteiger partial charge on any atom is 0.289 e. The van der Waals surface area contributed by atoms with Crippen LogP contribution in [0.1, 0.15) is 35.2 Å². The van der Waals surface area contributed by atoms with Gasteiger partial charge < -0.3 is 13.8 Å². The Kier molecular flexibility index (Phi) is 3.86. The summed E-state index contributed by atoms with van der Waals surface area (Å²) in [5.41, 5.74) is 0.943. The summed E-state index contributed by atoms with van der Waals surface area (Å²) in [7, 11) is 0. The lowest BCUT2D eigenvalue weighted by atomic mass is 9.96. The Bertz CT molecular complexity index is 803. The normalized spacial score (nSPS) is 15.6. The van der Waals surface area contributed by atoms with Crippen LogP contribution < -0.4 is 0 Å². The summed E-state index contributed by atoms with van der Waals surface area (Å²) in [4.78, 5) is 18.6. The fourth-order valence-corrected chi connectivity index (χ4v) is 2.99. The molecule has 24 heavy (non-hydrogen) atoms. The van der Waals surface area contributed by atoms with Crippen molar-refractivity contribution in [2.45, 2.75) is 18.8 Å². The van der Waals surface area contributed by atoms with Crippen LogP contribution in [-0.4, -0.2) is 34.0 Å². The van der Waals surface area contributed by atoms with E-state index in [9.17, 15) is 4.79 Å². The molecule has 0 unspecified atom stereocenters. The molecule has 0 aliphatic carbocycles. The number of carbonyl (C=O) groups is 1. The van der Waals surface area contributed by atoms with Crippen molar-refractivity contribution in [3.63, 3.8) is 0 Å². The summed E-state index contributed by atoms with van der Waals surface area (Å²) in [6.45, 7) is 1.32. The molecule has 6 heteroatoms. The molecule has 3 aromatic rings. The minimum Gasteiger partial charge on any atom is -0.459 e. The molecular formula is C18H17N3O3. The Morgan fingerprint density at radius 2 is 1.88 bits per heavy atom. The average molecular weight is 323 g/mol. The van der Waals surface area contributed by atoms with Gasteiger partial charge in [0.15, 0.2) is 5.76 Å². The van der Waals surface area contributed by atoms with Gasteiger partial charge in [-0.3, -0.25) is 4.79 Å². The number of furan rings is 1. The van der Waals surface area contributed by atoms with E-state index in [0.717, 1.165) is 18.4 Å². The van der Waals surface area contributed by atoms with E-state index in [1.807, 2.05) is 35.2 Å². The topological polar surface area (TPSA) is 72.4 Å². The third-order valence-electron chi connectivity index (χ3n) is 4.34. The Hall–Kier alpha value is -2.89. The molecule has 4 rings (SSSR count). The number of amides is 1. The quantitative estimate of drug-likeness (QED) is 0.739. The highest BCUT2D eigenvalue weighted by Crippen LogP contribution is 2.29. The largest absolute Gasteiger partial charge is 0.459 e. The molecule has 2 aromatic heterocycles. The molecule has 0 radical (unpaired) electrons. The summed E-state index contributed by atoms with van der Waals surface area (Å²) in [5.74, 6) is 1.78. The van der Waals surface area contributed by atoms with Crippen LogP contribution in [0, 0.1) is 0 Å². The van der Waals surface area contributed by atoms with Crippen molar-refractivity contribution in [2.24, 2.45) is 0 Å². The number of nitrogens with zero attached hydrogens (tertiary/aromatic N) is 3. The van der Waals surface area contributed by atoms with Crippen molar-refractivity contribution in [3.8, 4) is 11.4 Å². The van der Waals surface area contributed by atoms with Gasteiger partial charge in [0.05, 0.1) is 6.26 Å². The second-order valence-electron chi connectivity index (χ2n) is 5.87. The number of rotatable bonds is 3. The lowest BCUT2D eigenvalue weighted by Gasteiger charge is -2.29. The Morgan fingerprint density at radius 1 is 1.08 bits per heavy atom. The third kappa shape index (κ3) is 2.82. The van der Waals surface area contributed by atoms with Gasteiger partial charge in [-0.05, 0) is 25.0 Å². The monoisotopic (exact) mass is 323 g/mol. The van der Waals surface area contributed by atoms with Gasteiger partial charge in [0.25, 0.3) is 5.91 Å². The Labute approximate surface area is 139 Å². The van der Waals surface area contributed by atoms with E-state index in [1.54, 1.807) is 12.1 Å². The van der Waals surface area contributed by atoms with Gasteiger partial charge in [-0.2, -0.15) is 4.98 Å². The van der Waals surface area contributed by atoms with Crippen molar-refractivity contribution in [2.75, 3.05) is 13.1 Å². The number of aromatic nitrogens is 2. The van der Waals surface area contributed by atoms with Crippen LogP contribution in [0.3, 0.4) is 0 Å². The molecule has 0 bridgehead atoms. The predicted octanol–water partition coefficient (Wildman–Crippen LogP) is 3.35. The first kappa shape index (κ1) is 14.7. The van der Waals surface area contributed by atoms with Crippen molar-refractivity contribution in [1.82, 2.24) is 15.0 Å². The number of piperidine rings is 1. The first-order chi connectivity index (χ1) is 11.8. The summed E-state index contributed by atoms with van der Waals surface area (Å²) in [5, 5.41) is 4.07. The molecule has 1 aromatic carbocycles. The lowest BCUT2D eigenvalue weighted by Crippen LogP contribution is -2.37. The van der Waals surface area contributed by atoms with Gasteiger partial charge in [-0.25, -0.2) is 0 Å². The summed E-state index contributed by atoms with van der Waals surface area (Å²) in [6, 6.07) is 13.2.